The van der Waals surface area contributed by atoms with E-state index >= 15 is 0 Å². The second-order valence-corrected chi connectivity index (χ2v) is 7.58. The van der Waals surface area contributed by atoms with Gasteiger partial charge in [0.05, 0.1) is 22.2 Å². The average molecular weight is 475 g/mol. The first-order valence-corrected chi connectivity index (χ1v) is 9.69. The van der Waals surface area contributed by atoms with Crippen LogP contribution < -0.4 is 10.2 Å². The van der Waals surface area contributed by atoms with Gasteiger partial charge in [-0.1, -0.05) is 29.3 Å². The average Bonchev–Trinajstić information content (AvgIpc) is 3.09. The molecule has 0 aromatic heterocycles. The van der Waals surface area contributed by atoms with Crippen LogP contribution in [-0.2, 0) is 25.3 Å². The molecular formula is C20H15Cl2F3N2O4. The van der Waals surface area contributed by atoms with Crippen molar-refractivity contribution in [3.63, 3.8) is 0 Å². The number of rotatable bonds is 5. The molecule has 0 saturated carbocycles. The summed E-state index contributed by atoms with van der Waals surface area (Å²) in [5.41, 5.74) is -0.656. The van der Waals surface area contributed by atoms with Crippen molar-refractivity contribution in [1.82, 2.24) is 0 Å². The molecule has 0 radical (unpaired) electrons. The lowest BCUT2D eigenvalue weighted by Gasteiger charge is -2.18. The highest BCUT2D eigenvalue weighted by atomic mass is 35.5. The minimum atomic E-state index is -4.56. The van der Waals surface area contributed by atoms with Crippen LogP contribution in [0.1, 0.15) is 12.0 Å². The van der Waals surface area contributed by atoms with Gasteiger partial charge >= 0.3 is 12.1 Å². The summed E-state index contributed by atoms with van der Waals surface area (Å²) < 4.78 is 43.1. The monoisotopic (exact) mass is 474 g/mol. The number of ether oxygens (including phenoxy) is 1. The quantitative estimate of drug-likeness (QED) is 0.645. The van der Waals surface area contributed by atoms with Gasteiger partial charge in [0.25, 0.3) is 5.91 Å². The molecule has 2 amide bonds. The fourth-order valence-electron chi connectivity index (χ4n) is 3.02. The van der Waals surface area contributed by atoms with Crippen LogP contribution in [-0.4, -0.2) is 30.9 Å². The summed E-state index contributed by atoms with van der Waals surface area (Å²) >= 11 is 12.0. The normalized spacial score (nSPS) is 16.4. The van der Waals surface area contributed by atoms with Gasteiger partial charge in [-0.05, 0) is 36.4 Å². The summed E-state index contributed by atoms with van der Waals surface area (Å²) in [5, 5.41) is 2.88. The van der Waals surface area contributed by atoms with Crippen molar-refractivity contribution in [2.24, 2.45) is 5.92 Å². The van der Waals surface area contributed by atoms with Crippen molar-refractivity contribution in [1.29, 1.82) is 0 Å². The number of nitrogens with one attached hydrogen (secondary N) is 1. The first kappa shape index (κ1) is 22.9. The predicted octanol–water partition coefficient (Wildman–Crippen LogP) is 4.55. The van der Waals surface area contributed by atoms with Gasteiger partial charge in [0, 0.05) is 23.7 Å². The van der Waals surface area contributed by atoms with E-state index in [2.05, 4.69) is 5.32 Å². The van der Waals surface area contributed by atoms with Gasteiger partial charge in [-0.25, -0.2) is 0 Å². The van der Waals surface area contributed by atoms with Crippen molar-refractivity contribution in [2.45, 2.75) is 12.6 Å². The lowest BCUT2D eigenvalue weighted by molar-refractivity contribution is -0.151. The van der Waals surface area contributed by atoms with Crippen molar-refractivity contribution in [3.8, 4) is 0 Å². The van der Waals surface area contributed by atoms with E-state index in [1.807, 2.05) is 0 Å². The summed E-state index contributed by atoms with van der Waals surface area (Å²) in [4.78, 5) is 37.8. The van der Waals surface area contributed by atoms with Crippen LogP contribution >= 0.6 is 23.2 Å². The van der Waals surface area contributed by atoms with E-state index in [4.69, 9.17) is 27.9 Å². The minimum Gasteiger partial charge on any atom is -0.455 e. The van der Waals surface area contributed by atoms with Crippen LogP contribution in [0.5, 0.6) is 0 Å². The molecule has 0 bridgehead atoms. The number of anilines is 2. The Balaban J connectivity index is 1.56. The Labute approximate surface area is 184 Å². The molecule has 1 fully saturated rings. The zero-order chi connectivity index (χ0) is 22.8. The smallest absolute Gasteiger partial charge is 0.416 e. The highest BCUT2D eigenvalue weighted by Crippen LogP contribution is 2.34. The van der Waals surface area contributed by atoms with E-state index in [1.54, 1.807) is 6.07 Å². The Morgan fingerprint density at radius 3 is 2.61 bits per heavy atom. The number of nitrogens with zero attached hydrogens (tertiary/aromatic N) is 1. The van der Waals surface area contributed by atoms with Gasteiger partial charge in [0.15, 0.2) is 6.61 Å². The third kappa shape index (κ3) is 5.68. The maximum absolute atomic E-state index is 12.7. The molecule has 164 valence electrons. The zero-order valence-corrected chi connectivity index (χ0v) is 17.2. The summed E-state index contributed by atoms with van der Waals surface area (Å²) in [6.45, 7) is -0.718. The molecule has 1 saturated heterocycles. The Bertz CT molecular complexity index is 1030. The van der Waals surface area contributed by atoms with E-state index < -0.39 is 36.1 Å². The van der Waals surface area contributed by atoms with Crippen LogP contribution in [0.2, 0.25) is 10.0 Å². The molecule has 1 aliphatic heterocycles. The third-order valence-corrected chi connectivity index (χ3v) is 5.03. The van der Waals surface area contributed by atoms with Gasteiger partial charge in [-0.3, -0.25) is 14.4 Å². The molecule has 1 N–H and O–H groups in total. The standard InChI is InChI=1S/C20H15Cl2F3N2O4/c21-13-4-5-15(22)16(8-13)27-9-11(6-18(27)29)19(30)31-10-17(28)26-14-3-1-2-12(7-14)20(23,24)25/h1-5,7-8,11H,6,9-10H2,(H,26,28)/t11-/m1/s1. The Hall–Kier alpha value is -2.78. The largest absolute Gasteiger partial charge is 0.455 e. The molecule has 1 atom stereocenters. The minimum absolute atomic E-state index is 0.00697. The molecule has 0 aliphatic carbocycles. The highest BCUT2D eigenvalue weighted by molar-refractivity contribution is 6.35. The van der Waals surface area contributed by atoms with Gasteiger partial charge < -0.3 is 15.0 Å². The lowest BCUT2D eigenvalue weighted by atomic mass is 10.1. The number of carbonyl (C=O) groups excluding carboxylic acids is 3. The Morgan fingerprint density at radius 1 is 1.16 bits per heavy atom. The first-order valence-electron chi connectivity index (χ1n) is 8.94. The molecule has 6 nitrogen and oxygen atoms in total. The predicted molar refractivity (Wildman–Crippen MR) is 108 cm³/mol. The maximum Gasteiger partial charge on any atom is 0.416 e. The summed E-state index contributed by atoms with van der Waals surface area (Å²) in [5.74, 6) is -2.79. The molecule has 3 rings (SSSR count). The molecular weight excluding hydrogens is 460 g/mol. The lowest BCUT2D eigenvalue weighted by Crippen LogP contribution is -2.28. The fraction of sp³-hybridized carbons (Fsp3) is 0.250. The molecule has 11 heteroatoms. The van der Waals surface area contributed by atoms with Crippen LogP contribution in [0, 0.1) is 5.92 Å². The molecule has 2 aromatic carbocycles. The van der Waals surface area contributed by atoms with E-state index in [-0.39, 0.29) is 29.6 Å². The number of alkyl halides is 3. The number of hydrogen-bond donors (Lipinski definition) is 1. The number of esters is 1. The van der Waals surface area contributed by atoms with Crippen LogP contribution in [0.3, 0.4) is 0 Å². The maximum atomic E-state index is 12.7. The second kappa shape index (κ2) is 9.15. The van der Waals surface area contributed by atoms with Crippen molar-refractivity contribution in [3.05, 3.63) is 58.1 Å². The molecule has 0 spiro atoms. The van der Waals surface area contributed by atoms with Crippen molar-refractivity contribution < 1.29 is 32.3 Å². The van der Waals surface area contributed by atoms with Gasteiger partial charge in [0.1, 0.15) is 0 Å². The van der Waals surface area contributed by atoms with Crippen LogP contribution in [0.15, 0.2) is 42.5 Å². The third-order valence-electron chi connectivity index (χ3n) is 4.48. The topological polar surface area (TPSA) is 75.7 Å². The summed E-state index contributed by atoms with van der Waals surface area (Å²) in [6.07, 6.45) is -4.70. The number of halogens is 5. The SMILES string of the molecule is O=C(COC(=O)[C@@H]1CC(=O)N(c2cc(Cl)ccc2Cl)C1)Nc1cccc(C(F)(F)F)c1. The number of benzene rings is 2. The summed E-state index contributed by atoms with van der Waals surface area (Å²) in [6, 6.07) is 8.63. The number of carbonyl (C=O) groups is 3. The molecule has 1 heterocycles. The molecule has 31 heavy (non-hydrogen) atoms. The van der Waals surface area contributed by atoms with Gasteiger partial charge in [-0.2, -0.15) is 13.2 Å². The zero-order valence-electron chi connectivity index (χ0n) is 15.7. The second-order valence-electron chi connectivity index (χ2n) is 6.74. The Kier molecular flexibility index (Phi) is 6.76. The Morgan fingerprint density at radius 2 is 1.90 bits per heavy atom. The van der Waals surface area contributed by atoms with Crippen molar-refractivity contribution >= 4 is 52.4 Å². The van der Waals surface area contributed by atoms with Crippen LogP contribution in [0.4, 0.5) is 24.5 Å². The number of amides is 2. The van der Waals surface area contributed by atoms with E-state index in [1.165, 1.54) is 23.1 Å². The number of hydrogen-bond acceptors (Lipinski definition) is 4. The highest BCUT2D eigenvalue weighted by Gasteiger charge is 2.37. The van der Waals surface area contributed by atoms with Gasteiger partial charge in [0.2, 0.25) is 5.91 Å². The fourth-order valence-corrected chi connectivity index (χ4v) is 3.40. The van der Waals surface area contributed by atoms with E-state index in [0.717, 1.165) is 18.2 Å². The molecule has 2 aromatic rings. The van der Waals surface area contributed by atoms with E-state index in [9.17, 15) is 27.6 Å². The van der Waals surface area contributed by atoms with E-state index in [0.29, 0.717) is 10.7 Å². The molecule has 0 unspecified atom stereocenters. The van der Waals surface area contributed by atoms with Crippen molar-refractivity contribution in [2.75, 3.05) is 23.4 Å². The molecule has 1 aliphatic rings. The van der Waals surface area contributed by atoms with Crippen LogP contribution in [0.25, 0.3) is 0 Å². The first-order chi connectivity index (χ1) is 14.5. The van der Waals surface area contributed by atoms with Gasteiger partial charge in [-0.15, -0.1) is 0 Å². The summed E-state index contributed by atoms with van der Waals surface area (Å²) in [7, 11) is 0.